The first-order valence-corrected chi connectivity index (χ1v) is 9.10. The van der Waals surface area contributed by atoms with Crippen LogP contribution in [-0.4, -0.2) is 8.32 Å². The summed E-state index contributed by atoms with van der Waals surface area (Å²) >= 11 is 5.96. The molecule has 0 atom stereocenters. The van der Waals surface area contributed by atoms with E-state index in [2.05, 4.69) is 33.9 Å². The van der Waals surface area contributed by atoms with E-state index in [4.69, 9.17) is 21.8 Å². The van der Waals surface area contributed by atoms with E-state index in [1.165, 1.54) is 0 Å². The van der Waals surface area contributed by atoms with Gasteiger partial charge in [-0.05, 0) is 36.3 Å². The number of rotatable bonds is 3. The van der Waals surface area contributed by atoms with Gasteiger partial charge in [0.05, 0.1) is 6.61 Å². The lowest BCUT2D eigenvalue weighted by atomic mass is 10.2. The van der Waals surface area contributed by atoms with Crippen LogP contribution < -0.4 is 5.73 Å². The number of benzene rings is 1. The third-order valence-electron chi connectivity index (χ3n) is 3.50. The van der Waals surface area contributed by atoms with Crippen LogP contribution in [0.2, 0.25) is 23.2 Å². The van der Waals surface area contributed by atoms with Gasteiger partial charge in [0.15, 0.2) is 8.32 Å². The zero-order valence-corrected chi connectivity index (χ0v) is 13.1. The molecule has 0 amide bonds. The standard InChI is InChI=1S/C13H22ClNOSi/c1-13(2,3)17(4,5)16-9-10-8-11(14)6-7-12(10)15/h6-8H,9,15H2,1-5H3. The Hall–Kier alpha value is -0.513. The van der Waals surface area contributed by atoms with Crippen molar-refractivity contribution in [2.75, 3.05) is 5.73 Å². The number of nitrogens with two attached hydrogens (primary N) is 1. The molecule has 2 nitrogen and oxygen atoms in total. The van der Waals surface area contributed by atoms with E-state index in [1.54, 1.807) is 6.07 Å². The maximum atomic E-state index is 6.12. The highest BCUT2D eigenvalue weighted by Crippen LogP contribution is 2.37. The Labute approximate surface area is 110 Å². The van der Waals surface area contributed by atoms with Gasteiger partial charge in [-0.15, -0.1) is 0 Å². The number of halogens is 1. The highest BCUT2D eigenvalue weighted by Gasteiger charge is 2.37. The molecule has 0 aliphatic rings. The summed E-state index contributed by atoms with van der Waals surface area (Å²) < 4.78 is 6.12. The van der Waals surface area contributed by atoms with Crippen LogP contribution in [0.3, 0.4) is 0 Å². The summed E-state index contributed by atoms with van der Waals surface area (Å²) in [6.45, 7) is 11.7. The van der Waals surface area contributed by atoms with E-state index in [-0.39, 0.29) is 5.04 Å². The minimum atomic E-state index is -1.73. The number of hydrogen-bond donors (Lipinski definition) is 1. The Kier molecular flexibility index (Phi) is 4.28. The molecule has 0 saturated heterocycles. The summed E-state index contributed by atoms with van der Waals surface area (Å²) in [5.41, 5.74) is 7.62. The van der Waals surface area contributed by atoms with Gasteiger partial charge in [-0.25, -0.2) is 0 Å². The lowest BCUT2D eigenvalue weighted by Gasteiger charge is -2.36. The Morgan fingerprint density at radius 1 is 1.29 bits per heavy atom. The van der Waals surface area contributed by atoms with Crippen molar-refractivity contribution < 1.29 is 4.43 Å². The van der Waals surface area contributed by atoms with E-state index < -0.39 is 8.32 Å². The van der Waals surface area contributed by atoms with Gasteiger partial charge in [-0.1, -0.05) is 32.4 Å². The topological polar surface area (TPSA) is 35.2 Å². The van der Waals surface area contributed by atoms with E-state index in [9.17, 15) is 0 Å². The minimum Gasteiger partial charge on any atom is -0.412 e. The predicted molar refractivity (Wildman–Crippen MR) is 77.9 cm³/mol. The average molecular weight is 272 g/mol. The molecule has 0 unspecified atom stereocenters. The molecule has 0 spiro atoms. The van der Waals surface area contributed by atoms with Gasteiger partial charge in [0, 0.05) is 16.3 Å². The summed E-state index contributed by atoms with van der Waals surface area (Å²) in [7, 11) is -1.73. The molecule has 0 aromatic heterocycles. The Morgan fingerprint density at radius 2 is 1.88 bits per heavy atom. The monoisotopic (exact) mass is 271 g/mol. The highest BCUT2D eigenvalue weighted by molar-refractivity contribution is 6.74. The summed E-state index contributed by atoms with van der Waals surface area (Å²) in [6, 6.07) is 5.50. The second kappa shape index (κ2) is 5.00. The molecule has 0 aliphatic carbocycles. The van der Waals surface area contributed by atoms with Gasteiger partial charge in [0.2, 0.25) is 0 Å². The summed E-state index contributed by atoms with van der Waals surface area (Å²) in [5.74, 6) is 0. The van der Waals surface area contributed by atoms with Gasteiger partial charge < -0.3 is 10.2 Å². The molecule has 0 aliphatic heterocycles. The molecule has 0 heterocycles. The molecule has 1 aromatic rings. The van der Waals surface area contributed by atoms with Crippen LogP contribution in [0.15, 0.2) is 18.2 Å². The quantitative estimate of drug-likeness (QED) is 0.651. The average Bonchev–Trinajstić information content (AvgIpc) is 2.18. The third kappa shape index (κ3) is 3.73. The largest absolute Gasteiger partial charge is 0.412 e. The van der Waals surface area contributed by atoms with Gasteiger partial charge in [-0.3, -0.25) is 0 Å². The number of anilines is 1. The molecule has 0 radical (unpaired) electrons. The van der Waals surface area contributed by atoms with Crippen LogP contribution in [0.1, 0.15) is 26.3 Å². The predicted octanol–water partition coefficient (Wildman–Crippen LogP) is 4.44. The van der Waals surface area contributed by atoms with Crippen molar-refractivity contribution in [3.8, 4) is 0 Å². The molecule has 0 bridgehead atoms. The molecule has 1 aromatic carbocycles. The lowest BCUT2D eigenvalue weighted by molar-refractivity contribution is 0.277. The first-order valence-electron chi connectivity index (χ1n) is 5.81. The van der Waals surface area contributed by atoms with Crippen molar-refractivity contribution in [3.63, 3.8) is 0 Å². The number of nitrogen functional groups attached to an aromatic ring is 1. The highest BCUT2D eigenvalue weighted by atomic mass is 35.5. The molecule has 4 heteroatoms. The van der Waals surface area contributed by atoms with E-state index in [0.717, 1.165) is 11.3 Å². The van der Waals surface area contributed by atoms with Crippen molar-refractivity contribution in [1.29, 1.82) is 0 Å². The van der Waals surface area contributed by atoms with Crippen molar-refractivity contribution in [2.24, 2.45) is 0 Å². The molecular formula is C13H22ClNOSi. The first kappa shape index (κ1) is 14.5. The van der Waals surface area contributed by atoms with Crippen molar-refractivity contribution >= 4 is 25.6 Å². The first-order chi connectivity index (χ1) is 7.63. The van der Waals surface area contributed by atoms with Crippen LogP contribution in [-0.2, 0) is 11.0 Å². The Bertz CT molecular complexity index is 399. The zero-order chi connectivity index (χ0) is 13.3. The van der Waals surface area contributed by atoms with Crippen molar-refractivity contribution in [2.45, 2.75) is 45.5 Å². The van der Waals surface area contributed by atoms with E-state index in [0.29, 0.717) is 11.6 Å². The van der Waals surface area contributed by atoms with Crippen LogP contribution in [0.5, 0.6) is 0 Å². The normalized spacial score (nSPS) is 12.8. The zero-order valence-electron chi connectivity index (χ0n) is 11.3. The molecule has 0 saturated carbocycles. The molecular weight excluding hydrogens is 250 g/mol. The Morgan fingerprint density at radius 3 is 2.41 bits per heavy atom. The maximum Gasteiger partial charge on any atom is 0.192 e. The summed E-state index contributed by atoms with van der Waals surface area (Å²) in [4.78, 5) is 0. The molecule has 17 heavy (non-hydrogen) atoms. The summed E-state index contributed by atoms with van der Waals surface area (Å²) in [6.07, 6.45) is 0. The molecule has 1 rings (SSSR count). The maximum absolute atomic E-state index is 6.12. The van der Waals surface area contributed by atoms with Crippen LogP contribution >= 0.6 is 11.6 Å². The second-order valence-electron chi connectivity index (χ2n) is 5.89. The molecule has 96 valence electrons. The van der Waals surface area contributed by atoms with Gasteiger partial charge in [0.25, 0.3) is 0 Å². The van der Waals surface area contributed by atoms with E-state index >= 15 is 0 Å². The van der Waals surface area contributed by atoms with Crippen LogP contribution in [0.25, 0.3) is 0 Å². The third-order valence-corrected chi connectivity index (χ3v) is 8.21. The van der Waals surface area contributed by atoms with E-state index in [1.807, 2.05) is 12.1 Å². The molecule has 2 N–H and O–H groups in total. The van der Waals surface area contributed by atoms with Crippen LogP contribution in [0.4, 0.5) is 5.69 Å². The fourth-order valence-electron chi connectivity index (χ4n) is 1.17. The Balaban J connectivity index is 2.77. The van der Waals surface area contributed by atoms with Gasteiger partial charge >= 0.3 is 0 Å². The smallest absolute Gasteiger partial charge is 0.192 e. The molecule has 0 fully saturated rings. The fourth-order valence-corrected chi connectivity index (χ4v) is 2.32. The van der Waals surface area contributed by atoms with Crippen molar-refractivity contribution in [1.82, 2.24) is 0 Å². The van der Waals surface area contributed by atoms with Gasteiger partial charge in [0.1, 0.15) is 0 Å². The minimum absolute atomic E-state index is 0.209. The van der Waals surface area contributed by atoms with Gasteiger partial charge in [-0.2, -0.15) is 0 Å². The lowest BCUT2D eigenvalue weighted by Crippen LogP contribution is -2.40. The SMILES string of the molecule is CC(C)(C)[Si](C)(C)OCc1cc(Cl)ccc1N. The second-order valence-corrected chi connectivity index (χ2v) is 11.1. The number of hydrogen-bond acceptors (Lipinski definition) is 2. The summed E-state index contributed by atoms with van der Waals surface area (Å²) in [5, 5.41) is 0.911. The van der Waals surface area contributed by atoms with Crippen LogP contribution in [0, 0.1) is 0 Å². The fraction of sp³-hybridized carbons (Fsp3) is 0.538. The van der Waals surface area contributed by atoms with Crippen molar-refractivity contribution in [3.05, 3.63) is 28.8 Å².